The van der Waals surface area contributed by atoms with E-state index >= 15 is 0 Å². The van der Waals surface area contributed by atoms with E-state index in [1.54, 1.807) is 0 Å². The molecule has 0 radical (unpaired) electrons. The van der Waals surface area contributed by atoms with Gasteiger partial charge in [0.25, 0.3) is 5.82 Å². The standard InChI is InChI=1S/C26H39F5N3OSi/c1-23(2,3)26(24(4,5)6,35-36(10,11)25(7,8)9)15-12-13-16-32-34(14-33(15)16)22-20(30)18(28)17(27)19(29)21(22)31/h14-15H,12-13H2,1-11H3/q+1/t15-/m0/s1. The van der Waals surface area contributed by atoms with Crippen LogP contribution in [0.4, 0.5) is 22.0 Å². The van der Waals surface area contributed by atoms with E-state index < -0.39 is 48.7 Å². The molecule has 0 amide bonds. The zero-order valence-corrected chi connectivity index (χ0v) is 24.2. The Morgan fingerprint density at radius 1 is 0.833 bits per heavy atom. The van der Waals surface area contributed by atoms with Crippen molar-refractivity contribution in [2.45, 2.75) is 105 Å². The molecule has 36 heavy (non-hydrogen) atoms. The van der Waals surface area contributed by atoms with E-state index in [4.69, 9.17) is 4.43 Å². The molecule has 0 fully saturated rings. The maximum absolute atomic E-state index is 14.6. The molecule has 1 atom stereocenters. The highest BCUT2D eigenvalue weighted by Crippen LogP contribution is 2.57. The van der Waals surface area contributed by atoms with Gasteiger partial charge in [0.05, 0.1) is 5.60 Å². The van der Waals surface area contributed by atoms with Crippen molar-refractivity contribution in [3.8, 4) is 5.69 Å². The molecule has 3 rings (SSSR count). The molecule has 0 bridgehead atoms. The van der Waals surface area contributed by atoms with Gasteiger partial charge in [-0.05, 0) is 35.4 Å². The molecule has 2 aromatic rings. The van der Waals surface area contributed by atoms with Crippen LogP contribution in [0.5, 0.6) is 0 Å². The molecule has 0 saturated carbocycles. The first-order valence-electron chi connectivity index (χ1n) is 12.3. The van der Waals surface area contributed by atoms with E-state index in [0.29, 0.717) is 18.7 Å². The van der Waals surface area contributed by atoms with Gasteiger partial charge in [-0.15, -0.1) is 0 Å². The van der Waals surface area contributed by atoms with Gasteiger partial charge in [-0.25, -0.2) is 17.7 Å². The highest BCUT2D eigenvalue weighted by atomic mass is 28.4. The Kier molecular flexibility index (Phi) is 6.88. The fraction of sp³-hybridized carbons (Fsp3) is 0.692. The number of nitrogens with zero attached hydrogens (tertiary/aromatic N) is 3. The fourth-order valence-electron chi connectivity index (χ4n) is 5.59. The lowest BCUT2D eigenvalue weighted by atomic mass is 9.59. The van der Waals surface area contributed by atoms with Gasteiger partial charge in [0.1, 0.15) is 6.04 Å². The predicted octanol–water partition coefficient (Wildman–Crippen LogP) is 7.20. The molecule has 202 valence electrons. The summed E-state index contributed by atoms with van der Waals surface area (Å²) >= 11 is 0. The van der Waals surface area contributed by atoms with Crippen molar-refractivity contribution in [2.75, 3.05) is 0 Å². The maximum Gasteiger partial charge on any atom is 0.278 e. The van der Waals surface area contributed by atoms with Crippen LogP contribution in [0.1, 0.15) is 80.6 Å². The van der Waals surface area contributed by atoms with E-state index in [1.807, 2.05) is 4.57 Å². The van der Waals surface area contributed by atoms with Crippen LogP contribution < -0.4 is 4.57 Å². The maximum atomic E-state index is 14.6. The van der Waals surface area contributed by atoms with Crippen molar-refractivity contribution in [2.24, 2.45) is 10.8 Å². The van der Waals surface area contributed by atoms with Crippen LogP contribution in [0.3, 0.4) is 0 Å². The van der Waals surface area contributed by atoms with Crippen molar-refractivity contribution in [1.82, 2.24) is 9.78 Å². The van der Waals surface area contributed by atoms with Crippen molar-refractivity contribution in [1.29, 1.82) is 0 Å². The highest BCUT2D eigenvalue weighted by Gasteiger charge is 2.63. The third-order valence-corrected chi connectivity index (χ3v) is 12.5. The van der Waals surface area contributed by atoms with Crippen LogP contribution in [-0.2, 0) is 10.8 Å². The number of aromatic nitrogens is 3. The van der Waals surface area contributed by atoms with E-state index in [-0.39, 0.29) is 21.9 Å². The summed E-state index contributed by atoms with van der Waals surface area (Å²) < 4.78 is 80.6. The SMILES string of the molecule is CC(C)(C)C(O[Si](C)(C)C(C)(C)C)([C@@H]1CCc2nn(-c3c(F)c(F)c(F)c(F)c3F)c[n+]21)C(C)(C)C. The minimum atomic E-state index is -2.35. The summed E-state index contributed by atoms with van der Waals surface area (Å²) in [6.07, 6.45) is 2.48. The summed E-state index contributed by atoms with van der Waals surface area (Å²) in [4.78, 5) is 0. The van der Waals surface area contributed by atoms with Gasteiger partial charge in [0.2, 0.25) is 41.1 Å². The van der Waals surface area contributed by atoms with Gasteiger partial charge in [0, 0.05) is 11.5 Å². The Hall–Kier alpha value is -1.81. The molecule has 0 spiro atoms. The monoisotopic (exact) mass is 532 g/mol. The lowest BCUT2D eigenvalue weighted by Crippen LogP contribution is -2.69. The second kappa shape index (κ2) is 8.61. The molecule has 0 unspecified atom stereocenters. The lowest BCUT2D eigenvalue weighted by Gasteiger charge is -2.59. The number of hydrogen-bond donors (Lipinski definition) is 0. The van der Waals surface area contributed by atoms with Gasteiger partial charge < -0.3 is 4.43 Å². The largest absolute Gasteiger partial charge is 0.407 e. The first kappa shape index (κ1) is 28.8. The number of halogens is 5. The summed E-state index contributed by atoms with van der Waals surface area (Å²) in [6, 6.07) is -0.281. The predicted molar refractivity (Wildman–Crippen MR) is 131 cm³/mol. The van der Waals surface area contributed by atoms with Crippen molar-refractivity contribution in [3.05, 3.63) is 41.2 Å². The smallest absolute Gasteiger partial charge is 0.278 e. The molecule has 0 saturated heterocycles. The minimum Gasteiger partial charge on any atom is -0.407 e. The van der Waals surface area contributed by atoms with E-state index in [1.165, 1.54) is 6.33 Å². The van der Waals surface area contributed by atoms with Gasteiger partial charge in [-0.2, -0.15) is 8.78 Å². The Balaban J connectivity index is 2.27. The van der Waals surface area contributed by atoms with Crippen LogP contribution in [0.2, 0.25) is 18.1 Å². The molecule has 1 aliphatic heterocycles. The first-order chi connectivity index (χ1) is 16.1. The average Bonchev–Trinajstić information content (AvgIpc) is 3.27. The summed E-state index contributed by atoms with van der Waals surface area (Å²) in [6.45, 7) is 23.6. The van der Waals surface area contributed by atoms with Crippen LogP contribution >= 0.6 is 0 Å². The van der Waals surface area contributed by atoms with Crippen molar-refractivity contribution >= 4 is 8.32 Å². The summed E-state index contributed by atoms with van der Waals surface area (Å²) in [5, 5.41) is 4.18. The summed E-state index contributed by atoms with van der Waals surface area (Å²) in [5.74, 6) is -9.52. The van der Waals surface area contributed by atoms with Gasteiger partial charge >= 0.3 is 0 Å². The Morgan fingerprint density at radius 2 is 1.28 bits per heavy atom. The Morgan fingerprint density at radius 3 is 1.69 bits per heavy atom. The quantitative estimate of drug-likeness (QED) is 0.137. The molecule has 1 aromatic heterocycles. The summed E-state index contributed by atoms with van der Waals surface area (Å²) in [7, 11) is -2.35. The zero-order valence-electron chi connectivity index (χ0n) is 23.2. The van der Waals surface area contributed by atoms with Gasteiger partial charge in [0.15, 0.2) is 8.32 Å². The Labute approximate surface area is 212 Å². The molecule has 0 aliphatic carbocycles. The van der Waals surface area contributed by atoms with Crippen LogP contribution in [-0.4, -0.2) is 23.7 Å². The normalized spacial score (nSPS) is 17.6. The van der Waals surface area contributed by atoms with Crippen LogP contribution in [0.15, 0.2) is 6.33 Å². The molecule has 2 heterocycles. The molecule has 10 heteroatoms. The summed E-state index contributed by atoms with van der Waals surface area (Å²) in [5.41, 5.74) is -2.60. The van der Waals surface area contributed by atoms with E-state index in [0.717, 1.165) is 4.68 Å². The number of benzene rings is 1. The van der Waals surface area contributed by atoms with Crippen molar-refractivity contribution < 1.29 is 30.9 Å². The second-order valence-corrected chi connectivity index (χ2v) is 18.2. The number of rotatable bonds is 4. The Bertz CT molecular complexity index is 1130. The topological polar surface area (TPSA) is 30.9 Å². The molecule has 1 aliphatic rings. The van der Waals surface area contributed by atoms with Crippen LogP contribution in [0, 0.1) is 39.9 Å². The average molecular weight is 533 g/mol. The number of fused-ring (bicyclic) bond motifs is 1. The highest BCUT2D eigenvalue weighted by molar-refractivity contribution is 6.74. The lowest BCUT2D eigenvalue weighted by molar-refractivity contribution is -0.736. The van der Waals surface area contributed by atoms with Gasteiger partial charge in [-0.3, -0.25) is 0 Å². The molecule has 0 N–H and O–H groups in total. The first-order valence-corrected chi connectivity index (χ1v) is 15.2. The fourth-order valence-corrected chi connectivity index (χ4v) is 7.45. The van der Waals surface area contributed by atoms with E-state index in [9.17, 15) is 22.0 Å². The molecular formula is C26H39F5N3OSi+. The van der Waals surface area contributed by atoms with Crippen LogP contribution in [0.25, 0.3) is 5.69 Å². The van der Waals surface area contributed by atoms with Gasteiger partial charge in [-0.1, -0.05) is 67.0 Å². The second-order valence-electron chi connectivity index (χ2n) is 13.5. The molecule has 1 aromatic carbocycles. The van der Waals surface area contributed by atoms with E-state index in [2.05, 4.69) is 80.5 Å². The third-order valence-electron chi connectivity index (χ3n) is 8.07. The third kappa shape index (κ3) is 4.21. The molecular weight excluding hydrogens is 493 g/mol. The van der Waals surface area contributed by atoms with Crippen molar-refractivity contribution in [3.63, 3.8) is 0 Å². The number of hydrogen-bond acceptors (Lipinski definition) is 2. The minimum absolute atomic E-state index is 0.0829. The molecule has 4 nitrogen and oxygen atoms in total. The zero-order chi connectivity index (χ0) is 27.8. The number of aryl methyl sites for hydroxylation is 1.